The number of hydrogen-bond acceptors (Lipinski definition) is 17. The van der Waals surface area contributed by atoms with Crippen LogP contribution in [-0.2, 0) is 61.4 Å². The van der Waals surface area contributed by atoms with Crippen molar-refractivity contribution < 1.29 is 98.8 Å². The van der Waals surface area contributed by atoms with E-state index in [2.05, 4.69) is 14.9 Å². The summed E-state index contributed by atoms with van der Waals surface area (Å²) < 4.78 is 113. The first kappa shape index (κ1) is 59.2. The molecule has 2 fully saturated rings. The van der Waals surface area contributed by atoms with Gasteiger partial charge in [-0.3, -0.25) is 43.1 Å². The summed E-state index contributed by atoms with van der Waals surface area (Å²) in [4.78, 5) is 70.8. The van der Waals surface area contributed by atoms with Gasteiger partial charge >= 0.3 is 18.8 Å². The van der Waals surface area contributed by atoms with Gasteiger partial charge in [0.1, 0.15) is 31.0 Å². The van der Waals surface area contributed by atoms with E-state index in [0.717, 1.165) is 45.1 Å². The lowest BCUT2D eigenvalue weighted by molar-refractivity contribution is -0.212. The Balaban J connectivity index is 0.000000288. The number of esters is 2. The van der Waals surface area contributed by atoms with E-state index in [1.165, 1.54) is 13.8 Å². The van der Waals surface area contributed by atoms with E-state index in [1.807, 2.05) is 0 Å². The van der Waals surface area contributed by atoms with Crippen LogP contribution in [0.4, 0.5) is 17.6 Å². The molecular weight excluding hydrogens is 994 g/mol. The van der Waals surface area contributed by atoms with Gasteiger partial charge in [0.2, 0.25) is 11.8 Å². The first-order valence-electron chi connectivity index (χ1n) is 21.0. The minimum Gasteiger partial charge on any atom is -0.462 e. The number of ketones is 2. The first-order valence-corrected chi connectivity index (χ1v) is 25.6. The fourth-order valence-electron chi connectivity index (χ4n) is 6.50. The Bertz CT molecular complexity index is 2210. The summed E-state index contributed by atoms with van der Waals surface area (Å²) >= 11 is 5.76. The predicted molar refractivity (Wildman–Crippen MR) is 234 cm³/mol. The molecule has 5 N–H and O–H groups in total. The van der Waals surface area contributed by atoms with E-state index < -0.39 is 142 Å². The van der Waals surface area contributed by atoms with Crippen LogP contribution in [0, 0.1) is 0 Å². The second-order valence-corrected chi connectivity index (χ2v) is 21.9. The van der Waals surface area contributed by atoms with Gasteiger partial charge in [-0.15, -0.1) is 0 Å². The van der Waals surface area contributed by atoms with Crippen LogP contribution in [-0.4, -0.2) is 152 Å². The third-order valence-corrected chi connectivity index (χ3v) is 13.0. The smallest absolute Gasteiger partial charge is 0.409 e. The fraction of sp³-hybridized carbons (Fsp3) is 0.610. The molecule has 2 amide bonds. The minimum atomic E-state index is -3.83. The lowest BCUT2D eigenvalue weighted by Gasteiger charge is -2.32. The number of alkyl halides is 4. The molecule has 21 nitrogen and oxygen atoms in total. The zero-order valence-corrected chi connectivity index (χ0v) is 41.4. The molecule has 12 atom stereocenters. The van der Waals surface area contributed by atoms with Gasteiger partial charge in [0.15, 0.2) is 47.6 Å². The van der Waals surface area contributed by atoms with Crippen LogP contribution in [0.5, 0.6) is 5.75 Å². The van der Waals surface area contributed by atoms with Crippen molar-refractivity contribution in [2.75, 3.05) is 19.9 Å². The highest BCUT2D eigenvalue weighted by Crippen LogP contribution is 2.49. The monoisotopic (exact) mass is 1050 g/mol. The Morgan fingerprint density at radius 1 is 0.768 bits per heavy atom. The molecule has 4 heterocycles. The van der Waals surface area contributed by atoms with Crippen molar-refractivity contribution in [1.82, 2.24) is 20.0 Å². The number of aliphatic hydroxyl groups excluding tert-OH is 3. The molecular formula is C41H57ClF4N4O17P2. The number of amides is 2. The van der Waals surface area contributed by atoms with E-state index >= 15 is 8.78 Å². The Morgan fingerprint density at radius 2 is 1.17 bits per heavy atom. The second-order valence-electron chi connectivity index (χ2n) is 17.0. The molecule has 0 radical (unpaired) electrons. The summed E-state index contributed by atoms with van der Waals surface area (Å²) in [6, 6.07) is 6.60. The van der Waals surface area contributed by atoms with Gasteiger partial charge in [0, 0.05) is 30.3 Å². The third kappa shape index (κ3) is 15.7. The van der Waals surface area contributed by atoms with Crippen molar-refractivity contribution in [3.8, 4) is 5.75 Å². The molecule has 388 valence electrons. The highest BCUT2D eigenvalue weighted by Gasteiger charge is 2.67. The van der Waals surface area contributed by atoms with Crippen molar-refractivity contribution in [2.24, 2.45) is 0 Å². The van der Waals surface area contributed by atoms with E-state index in [0.29, 0.717) is 15.5 Å². The number of hydrogen-bond donors (Lipinski definition) is 5. The van der Waals surface area contributed by atoms with Gasteiger partial charge in [-0.2, -0.15) is 0 Å². The third-order valence-electron chi connectivity index (χ3n) is 9.92. The molecule has 5 rings (SSSR count). The van der Waals surface area contributed by atoms with Crippen LogP contribution in [0.3, 0.4) is 0 Å². The molecule has 2 saturated heterocycles. The number of halogens is 5. The van der Waals surface area contributed by atoms with E-state index in [1.54, 1.807) is 58.0 Å². The molecule has 0 aliphatic carbocycles. The van der Waals surface area contributed by atoms with Gasteiger partial charge in [-0.1, -0.05) is 18.2 Å². The van der Waals surface area contributed by atoms with Gasteiger partial charge in [-0.25, -0.2) is 32.3 Å². The average Bonchev–Trinajstić information content (AvgIpc) is 3.53. The van der Waals surface area contributed by atoms with Crippen molar-refractivity contribution in [3.05, 3.63) is 54.9 Å². The molecule has 69 heavy (non-hydrogen) atoms. The quantitative estimate of drug-likeness (QED) is 0.0679. The summed E-state index contributed by atoms with van der Waals surface area (Å²) in [5, 5.41) is 33.4. The Kier molecular flexibility index (Phi) is 20.1. The maximum absolute atomic E-state index is 15.3. The summed E-state index contributed by atoms with van der Waals surface area (Å²) in [6.45, 7) is 6.26. The molecule has 0 aromatic heterocycles. The molecule has 1 aromatic rings. The zero-order valence-electron chi connectivity index (χ0n) is 38.9. The topological polar surface area (TPSA) is 283 Å². The van der Waals surface area contributed by atoms with Gasteiger partial charge in [0.25, 0.3) is 19.2 Å². The number of carbonyl (C=O) groups excluding carboxylic acids is 6. The molecule has 1 aromatic carbocycles. The average molecular weight is 1050 g/mol. The van der Waals surface area contributed by atoms with Crippen LogP contribution in [0.2, 0.25) is 0 Å². The SMILES string of the molecule is CC(C)OC(=O)[C@H](C)NP(=O)(Cl)Oc1ccccc1.CC(C)OC(=O)[C@H](C)NP(C)(=O)OC[C@@]1(F)O[C@@H](N2C=CC(=O)CC2=O)[C@](C)(F)[C@@H]1O.C[C@]1(F)[C@H](N2C=CC(=O)CC2=O)O[C@](F)(CO)[C@H]1O. The van der Waals surface area contributed by atoms with E-state index in [-0.39, 0.29) is 6.10 Å². The number of rotatable bonds is 16. The van der Waals surface area contributed by atoms with Gasteiger partial charge < -0.3 is 43.3 Å². The van der Waals surface area contributed by atoms with Crippen molar-refractivity contribution >= 4 is 61.0 Å². The molecule has 4 aliphatic heterocycles. The highest BCUT2D eigenvalue weighted by atomic mass is 35.7. The number of ether oxygens (including phenoxy) is 4. The van der Waals surface area contributed by atoms with E-state index in [4.69, 9.17) is 39.6 Å². The normalized spacial score (nSPS) is 31.5. The Hall–Kier alpha value is -4.13. The molecule has 28 heteroatoms. The standard InChI is InChI=1S/C18H27F2N2O8P.C12H17ClNO4P.C11H13F2NO5/c1-10(2)29-14(25)11(3)21-31(5,27)28-9-18(20)15(26)17(4,19)16(30-18)22-7-6-12(23)8-13(22)24;1-9(2)17-12(15)10(3)14-19(13,16)18-11-7-5-4-6-8-11;1-10(12)8(18)11(13,5-15)19-9(10)14-3-2-6(16)4-7(14)17/h6-7,10-11,15-16,26H,8-9H2,1-5H3,(H,21,27);4-10H,1-3H3,(H,14,16);2-3,8-9,15,18H,4-5H2,1H3/t11-,15-,16+,17+,18+,31?;10-,19?;8-,9+,10+,11+/m000/s1. The molecule has 0 bridgehead atoms. The Labute approximate surface area is 399 Å². The minimum absolute atomic E-state index is 0.249. The molecule has 0 saturated carbocycles. The van der Waals surface area contributed by atoms with Crippen molar-refractivity contribution in [1.29, 1.82) is 0 Å². The number of nitrogens with one attached hydrogen (secondary N) is 2. The number of allylic oxidation sites excluding steroid dienone is 2. The maximum Gasteiger partial charge on any atom is 0.409 e. The maximum atomic E-state index is 15.3. The van der Waals surface area contributed by atoms with Crippen LogP contribution in [0.1, 0.15) is 68.2 Å². The highest BCUT2D eigenvalue weighted by molar-refractivity contribution is 7.84. The van der Waals surface area contributed by atoms with Crippen LogP contribution in [0.25, 0.3) is 0 Å². The summed E-state index contributed by atoms with van der Waals surface area (Å²) in [7, 11) is -3.83. The summed E-state index contributed by atoms with van der Waals surface area (Å²) in [5.74, 6) is -9.63. The number of nitrogens with zero attached hydrogens (tertiary/aromatic N) is 2. The lowest BCUT2D eigenvalue weighted by Crippen LogP contribution is -2.52. The van der Waals surface area contributed by atoms with Crippen LogP contribution in [0.15, 0.2) is 54.9 Å². The number of benzene rings is 1. The summed E-state index contributed by atoms with van der Waals surface area (Å²) in [6.07, 6.45) is -6.05. The first-order chi connectivity index (χ1) is 31.6. The van der Waals surface area contributed by atoms with Crippen LogP contribution >= 0.6 is 25.6 Å². The summed E-state index contributed by atoms with van der Waals surface area (Å²) in [5.41, 5.74) is -5.41. The number of aliphatic hydroxyl groups is 3. The molecule has 2 unspecified atom stereocenters. The van der Waals surface area contributed by atoms with Crippen molar-refractivity contribution in [3.63, 3.8) is 0 Å². The largest absolute Gasteiger partial charge is 0.462 e. The van der Waals surface area contributed by atoms with Gasteiger partial charge in [-0.05, 0) is 79.7 Å². The second kappa shape index (κ2) is 23.4. The van der Waals surface area contributed by atoms with Crippen molar-refractivity contribution in [2.45, 2.75) is 140 Å². The number of para-hydroxylation sites is 1. The predicted octanol–water partition coefficient (Wildman–Crippen LogP) is 3.93. The van der Waals surface area contributed by atoms with E-state index in [9.17, 15) is 56.9 Å². The van der Waals surface area contributed by atoms with Crippen LogP contribution < -0.4 is 14.7 Å². The number of carbonyl (C=O) groups is 6. The Morgan fingerprint density at radius 3 is 1.57 bits per heavy atom. The molecule has 4 aliphatic rings. The fourth-order valence-corrected chi connectivity index (χ4v) is 9.49. The molecule has 0 spiro atoms. The van der Waals surface area contributed by atoms with Gasteiger partial charge in [0.05, 0.1) is 25.0 Å². The zero-order chi connectivity index (χ0) is 52.7. The lowest BCUT2D eigenvalue weighted by atomic mass is 9.96.